The summed E-state index contributed by atoms with van der Waals surface area (Å²) >= 11 is 0. The van der Waals surface area contributed by atoms with Crippen molar-refractivity contribution in [3.8, 4) is 0 Å². The highest BCUT2D eigenvalue weighted by Gasteiger charge is 2.35. The van der Waals surface area contributed by atoms with E-state index in [9.17, 15) is 28.0 Å². The number of rotatable bonds is 4. The molecule has 0 heterocycles. The molecule has 0 amide bonds. The van der Waals surface area contributed by atoms with E-state index in [1.807, 2.05) is 0 Å². The lowest BCUT2D eigenvalue weighted by Crippen LogP contribution is -2.23. The minimum Gasteiger partial charge on any atom is -0.465 e. The Hall–Kier alpha value is -3.56. The Bertz CT molecular complexity index is 932. The first-order valence-electron chi connectivity index (χ1n) is 7.55. The van der Waals surface area contributed by atoms with Crippen LogP contribution < -0.4 is 0 Å². The fourth-order valence-electron chi connectivity index (χ4n) is 2.72. The fourth-order valence-corrected chi connectivity index (χ4v) is 2.72. The van der Waals surface area contributed by atoms with E-state index < -0.39 is 57.8 Å². The molecule has 10 heteroatoms. The van der Waals surface area contributed by atoms with Gasteiger partial charge in [0, 0.05) is 10.8 Å². The van der Waals surface area contributed by atoms with Crippen LogP contribution >= 0.6 is 0 Å². The van der Waals surface area contributed by atoms with Crippen molar-refractivity contribution in [1.82, 2.24) is 0 Å². The Morgan fingerprint density at radius 2 is 0.821 bits per heavy atom. The Morgan fingerprint density at radius 3 is 1.07 bits per heavy atom. The first-order valence-corrected chi connectivity index (χ1v) is 7.55. The standard InChI is InChI=1S/C18H14F2O8/c1-25-15(21)11-7-5-9(19)10(20)6-8(7)12(16(22)26-2)14(18(24)28-4)13(11)17(23)27-3/h5-6H,1-4H3. The van der Waals surface area contributed by atoms with Crippen molar-refractivity contribution in [3.63, 3.8) is 0 Å². The summed E-state index contributed by atoms with van der Waals surface area (Å²) in [6.07, 6.45) is 0. The smallest absolute Gasteiger partial charge is 0.339 e. The van der Waals surface area contributed by atoms with E-state index in [4.69, 9.17) is 0 Å². The molecule has 2 aromatic carbocycles. The molecular weight excluding hydrogens is 382 g/mol. The van der Waals surface area contributed by atoms with E-state index in [2.05, 4.69) is 18.9 Å². The van der Waals surface area contributed by atoms with Gasteiger partial charge in [-0.15, -0.1) is 0 Å². The van der Waals surface area contributed by atoms with Crippen molar-refractivity contribution >= 4 is 34.6 Å². The van der Waals surface area contributed by atoms with Crippen molar-refractivity contribution in [3.05, 3.63) is 46.0 Å². The zero-order chi connectivity index (χ0) is 21.2. The summed E-state index contributed by atoms with van der Waals surface area (Å²) < 4.78 is 46.2. The molecule has 2 rings (SSSR count). The Morgan fingerprint density at radius 1 is 0.571 bits per heavy atom. The number of ether oxygens (including phenoxy) is 4. The second-order valence-electron chi connectivity index (χ2n) is 5.28. The predicted octanol–water partition coefficient (Wildman–Crippen LogP) is 2.26. The fraction of sp³-hybridized carbons (Fsp3) is 0.222. The molecule has 0 saturated heterocycles. The molecule has 0 fully saturated rings. The minimum atomic E-state index is -1.37. The summed E-state index contributed by atoms with van der Waals surface area (Å²) in [5.41, 5.74) is -2.62. The van der Waals surface area contributed by atoms with Gasteiger partial charge in [0.25, 0.3) is 0 Å². The minimum absolute atomic E-state index is 0.362. The lowest BCUT2D eigenvalue weighted by atomic mass is 9.88. The third-order valence-electron chi connectivity index (χ3n) is 3.91. The van der Waals surface area contributed by atoms with Crippen molar-refractivity contribution in [2.24, 2.45) is 0 Å². The average molecular weight is 396 g/mol. The van der Waals surface area contributed by atoms with Gasteiger partial charge in [0.1, 0.15) is 0 Å². The summed E-state index contributed by atoms with van der Waals surface area (Å²) in [4.78, 5) is 49.5. The van der Waals surface area contributed by atoms with E-state index in [1.165, 1.54) is 0 Å². The molecule has 2 aromatic rings. The summed E-state index contributed by atoms with van der Waals surface area (Å²) in [5, 5.41) is -0.724. The molecule has 0 aliphatic heterocycles. The quantitative estimate of drug-likeness (QED) is 0.573. The van der Waals surface area contributed by atoms with Gasteiger partial charge in [-0.3, -0.25) is 0 Å². The van der Waals surface area contributed by atoms with E-state index >= 15 is 0 Å². The second kappa shape index (κ2) is 7.99. The predicted molar refractivity (Wildman–Crippen MR) is 89.2 cm³/mol. The lowest BCUT2D eigenvalue weighted by Gasteiger charge is -2.18. The first kappa shape index (κ1) is 20.7. The average Bonchev–Trinajstić information content (AvgIpc) is 2.70. The maximum atomic E-state index is 13.9. The molecular formula is C18H14F2O8. The van der Waals surface area contributed by atoms with Gasteiger partial charge in [-0.2, -0.15) is 0 Å². The van der Waals surface area contributed by atoms with Crippen LogP contribution in [0.25, 0.3) is 10.8 Å². The number of benzene rings is 2. The third kappa shape index (κ3) is 3.24. The van der Waals surface area contributed by atoms with Gasteiger partial charge in [0.15, 0.2) is 11.6 Å². The number of halogens is 2. The molecule has 0 unspecified atom stereocenters. The van der Waals surface area contributed by atoms with Crippen LogP contribution in [0, 0.1) is 11.6 Å². The molecule has 0 bridgehead atoms. The van der Waals surface area contributed by atoms with E-state index in [0.29, 0.717) is 12.1 Å². The normalized spacial score (nSPS) is 10.4. The van der Waals surface area contributed by atoms with E-state index in [0.717, 1.165) is 28.4 Å². The molecule has 0 aliphatic rings. The molecule has 0 saturated carbocycles. The molecule has 0 radical (unpaired) electrons. The molecule has 28 heavy (non-hydrogen) atoms. The van der Waals surface area contributed by atoms with Gasteiger partial charge < -0.3 is 18.9 Å². The van der Waals surface area contributed by atoms with Gasteiger partial charge in [-0.05, 0) is 12.1 Å². The van der Waals surface area contributed by atoms with Crippen molar-refractivity contribution < 1.29 is 46.9 Å². The summed E-state index contributed by atoms with van der Waals surface area (Å²) in [6.45, 7) is 0. The van der Waals surface area contributed by atoms with E-state index in [-0.39, 0.29) is 10.8 Å². The molecule has 0 aliphatic carbocycles. The second-order valence-corrected chi connectivity index (χ2v) is 5.28. The van der Waals surface area contributed by atoms with Crippen LogP contribution in [0.5, 0.6) is 0 Å². The summed E-state index contributed by atoms with van der Waals surface area (Å²) in [5.74, 6) is -7.46. The summed E-state index contributed by atoms with van der Waals surface area (Å²) in [7, 11) is 3.86. The van der Waals surface area contributed by atoms with E-state index in [1.54, 1.807) is 0 Å². The van der Waals surface area contributed by atoms with Crippen molar-refractivity contribution in [2.75, 3.05) is 28.4 Å². The number of methoxy groups -OCH3 is 4. The Labute approximate surface area is 156 Å². The Balaban J connectivity index is 3.29. The van der Waals surface area contributed by atoms with Crippen LogP contribution in [-0.2, 0) is 18.9 Å². The van der Waals surface area contributed by atoms with Crippen LogP contribution in [0.2, 0.25) is 0 Å². The SMILES string of the molecule is COC(=O)c1c(C(=O)OC)c(C(=O)OC)c2cc(F)c(F)cc2c1C(=O)OC. The largest absolute Gasteiger partial charge is 0.465 e. The molecule has 8 nitrogen and oxygen atoms in total. The van der Waals surface area contributed by atoms with Crippen LogP contribution in [0.3, 0.4) is 0 Å². The van der Waals surface area contributed by atoms with Crippen LogP contribution in [0.1, 0.15) is 41.4 Å². The number of esters is 4. The summed E-state index contributed by atoms with van der Waals surface area (Å²) in [6, 6.07) is 1.19. The van der Waals surface area contributed by atoms with Crippen LogP contribution in [0.15, 0.2) is 12.1 Å². The maximum Gasteiger partial charge on any atom is 0.339 e. The van der Waals surface area contributed by atoms with Crippen LogP contribution in [0.4, 0.5) is 8.78 Å². The number of carbonyl (C=O) groups is 4. The topological polar surface area (TPSA) is 105 Å². The van der Waals surface area contributed by atoms with Gasteiger partial charge >= 0.3 is 23.9 Å². The maximum absolute atomic E-state index is 13.9. The third-order valence-corrected chi connectivity index (χ3v) is 3.91. The molecule has 0 atom stereocenters. The highest BCUT2D eigenvalue weighted by molar-refractivity contribution is 6.24. The number of carbonyl (C=O) groups excluding carboxylic acids is 4. The highest BCUT2D eigenvalue weighted by atomic mass is 19.2. The number of hydrogen-bond acceptors (Lipinski definition) is 8. The zero-order valence-corrected chi connectivity index (χ0v) is 15.2. The van der Waals surface area contributed by atoms with Crippen LogP contribution in [-0.4, -0.2) is 52.3 Å². The monoisotopic (exact) mass is 396 g/mol. The highest BCUT2D eigenvalue weighted by Crippen LogP contribution is 2.34. The number of fused-ring (bicyclic) bond motifs is 1. The van der Waals surface area contributed by atoms with Gasteiger partial charge in [-0.1, -0.05) is 0 Å². The van der Waals surface area contributed by atoms with Gasteiger partial charge in [-0.25, -0.2) is 28.0 Å². The van der Waals surface area contributed by atoms with Gasteiger partial charge in [0.05, 0.1) is 50.7 Å². The lowest BCUT2D eigenvalue weighted by molar-refractivity contribution is 0.0523. The van der Waals surface area contributed by atoms with Crippen molar-refractivity contribution in [1.29, 1.82) is 0 Å². The Kier molecular flexibility index (Phi) is 5.92. The first-order chi connectivity index (χ1) is 13.2. The zero-order valence-electron chi connectivity index (χ0n) is 15.2. The number of hydrogen-bond donors (Lipinski definition) is 0. The molecule has 0 N–H and O–H groups in total. The molecule has 0 aromatic heterocycles. The van der Waals surface area contributed by atoms with Gasteiger partial charge in [0.2, 0.25) is 0 Å². The molecule has 148 valence electrons. The molecule has 0 spiro atoms. The van der Waals surface area contributed by atoms with Crippen molar-refractivity contribution in [2.45, 2.75) is 0 Å².